The number of rotatable bonds is 5. The van der Waals surface area contributed by atoms with E-state index in [1.807, 2.05) is 0 Å². The Kier molecular flexibility index (Phi) is 4.32. The van der Waals surface area contributed by atoms with Crippen LogP contribution in [0.4, 0.5) is 0 Å². The van der Waals surface area contributed by atoms with E-state index in [4.69, 9.17) is 0 Å². The Hall–Kier alpha value is -0.610. The zero-order valence-corrected chi connectivity index (χ0v) is 12.6. The summed E-state index contributed by atoms with van der Waals surface area (Å²) in [5.74, 6) is 0.347. The second kappa shape index (κ2) is 6.02. The first-order chi connectivity index (χ1) is 9.66. The molecule has 0 aromatic heterocycles. The number of aliphatic carboxylic acids is 1. The fourth-order valence-corrected chi connectivity index (χ4v) is 4.87. The van der Waals surface area contributed by atoms with Gasteiger partial charge in [0.15, 0.2) is 0 Å². The van der Waals surface area contributed by atoms with Gasteiger partial charge in [-0.1, -0.05) is 6.42 Å². The van der Waals surface area contributed by atoms with Crippen molar-refractivity contribution in [3.8, 4) is 0 Å². The number of likely N-dealkylation sites (tertiary alicyclic amines) is 1. The van der Waals surface area contributed by atoms with Gasteiger partial charge >= 0.3 is 5.97 Å². The minimum atomic E-state index is -0.579. The van der Waals surface area contributed by atoms with Crippen molar-refractivity contribution in [2.75, 3.05) is 20.1 Å². The Morgan fingerprint density at radius 3 is 2.80 bits per heavy atom. The lowest BCUT2D eigenvalue weighted by Crippen LogP contribution is -2.46. The summed E-state index contributed by atoms with van der Waals surface area (Å²) in [6.45, 7) is 2.20. The Bertz CT molecular complexity index is 360. The number of hydrogen-bond acceptors (Lipinski definition) is 3. The zero-order valence-electron chi connectivity index (χ0n) is 12.6. The van der Waals surface area contributed by atoms with Crippen molar-refractivity contribution in [3.05, 3.63) is 0 Å². The summed E-state index contributed by atoms with van der Waals surface area (Å²) in [6.07, 6.45) is 8.64. The second-order valence-electron chi connectivity index (χ2n) is 7.10. The standard InChI is InChI=1S/C16H28N2O2/c1-18-9-3-2-4-13(18)7-8-17-15-12-6-5-11(10-12)14(15)16(19)20/h11-15,17H,2-10H2,1H3,(H,19,20). The SMILES string of the molecule is CN1CCCCC1CCNC1C2CCC(C2)C1C(=O)O. The van der Waals surface area contributed by atoms with Crippen LogP contribution < -0.4 is 5.32 Å². The maximum Gasteiger partial charge on any atom is 0.308 e. The van der Waals surface area contributed by atoms with E-state index in [1.165, 1.54) is 32.2 Å². The van der Waals surface area contributed by atoms with E-state index in [0.717, 1.165) is 25.8 Å². The van der Waals surface area contributed by atoms with E-state index < -0.39 is 5.97 Å². The molecule has 1 heterocycles. The Labute approximate surface area is 121 Å². The summed E-state index contributed by atoms with van der Waals surface area (Å²) in [7, 11) is 2.22. The highest BCUT2D eigenvalue weighted by Crippen LogP contribution is 2.48. The van der Waals surface area contributed by atoms with Gasteiger partial charge in [-0.3, -0.25) is 4.79 Å². The van der Waals surface area contributed by atoms with Crippen molar-refractivity contribution in [1.82, 2.24) is 10.2 Å². The van der Waals surface area contributed by atoms with Gasteiger partial charge in [-0.05, 0) is 70.5 Å². The van der Waals surface area contributed by atoms with Crippen molar-refractivity contribution < 1.29 is 9.90 Å². The topological polar surface area (TPSA) is 52.6 Å². The summed E-state index contributed by atoms with van der Waals surface area (Å²) < 4.78 is 0. The molecule has 0 aromatic carbocycles. The monoisotopic (exact) mass is 280 g/mol. The number of nitrogens with one attached hydrogen (secondary N) is 1. The summed E-state index contributed by atoms with van der Waals surface area (Å²) in [5, 5.41) is 13.1. The molecule has 3 aliphatic rings. The molecule has 114 valence electrons. The van der Waals surface area contributed by atoms with Crippen LogP contribution in [0.3, 0.4) is 0 Å². The van der Waals surface area contributed by atoms with Crippen LogP contribution in [0.15, 0.2) is 0 Å². The van der Waals surface area contributed by atoms with Crippen LogP contribution in [0.2, 0.25) is 0 Å². The average Bonchev–Trinajstić information content (AvgIpc) is 3.01. The van der Waals surface area contributed by atoms with Gasteiger partial charge in [0.25, 0.3) is 0 Å². The molecular weight excluding hydrogens is 252 g/mol. The Balaban J connectivity index is 1.49. The molecule has 3 fully saturated rings. The number of carboxylic acids is 1. The quantitative estimate of drug-likeness (QED) is 0.808. The minimum absolute atomic E-state index is 0.127. The van der Waals surface area contributed by atoms with E-state index in [0.29, 0.717) is 17.9 Å². The van der Waals surface area contributed by atoms with Crippen LogP contribution >= 0.6 is 0 Å². The molecule has 2 aliphatic carbocycles. The molecule has 0 radical (unpaired) electrons. The number of nitrogens with zero attached hydrogens (tertiary/aromatic N) is 1. The molecule has 2 saturated carbocycles. The highest BCUT2D eigenvalue weighted by molar-refractivity contribution is 5.72. The number of hydrogen-bond donors (Lipinski definition) is 2. The van der Waals surface area contributed by atoms with Gasteiger partial charge < -0.3 is 15.3 Å². The van der Waals surface area contributed by atoms with Crippen molar-refractivity contribution in [2.45, 2.75) is 57.0 Å². The van der Waals surface area contributed by atoms with Gasteiger partial charge in [0.1, 0.15) is 0 Å². The van der Waals surface area contributed by atoms with Crippen molar-refractivity contribution in [3.63, 3.8) is 0 Å². The van der Waals surface area contributed by atoms with Gasteiger partial charge in [-0.15, -0.1) is 0 Å². The van der Waals surface area contributed by atoms with Gasteiger partial charge in [0, 0.05) is 12.1 Å². The summed E-state index contributed by atoms with van der Waals surface area (Å²) in [5.41, 5.74) is 0. The molecule has 0 amide bonds. The predicted molar refractivity (Wildman–Crippen MR) is 78.6 cm³/mol. The maximum atomic E-state index is 11.5. The van der Waals surface area contributed by atoms with E-state index in [1.54, 1.807) is 0 Å². The normalized spacial score (nSPS) is 41.1. The summed E-state index contributed by atoms with van der Waals surface area (Å²) in [6, 6.07) is 0.929. The third kappa shape index (κ3) is 2.73. The fourth-order valence-electron chi connectivity index (χ4n) is 4.87. The maximum absolute atomic E-state index is 11.5. The van der Waals surface area contributed by atoms with Crippen LogP contribution in [-0.2, 0) is 4.79 Å². The summed E-state index contributed by atoms with van der Waals surface area (Å²) >= 11 is 0. The molecule has 4 nitrogen and oxygen atoms in total. The van der Waals surface area contributed by atoms with Gasteiger partial charge in [0.2, 0.25) is 0 Å². The first kappa shape index (κ1) is 14.3. The third-order valence-electron chi connectivity index (χ3n) is 5.98. The van der Waals surface area contributed by atoms with Gasteiger partial charge in [-0.2, -0.15) is 0 Å². The van der Waals surface area contributed by atoms with E-state index >= 15 is 0 Å². The zero-order chi connectivity index (χ0) is 14.1. The molecule has 4 heteroatoms. The Morgan fingerprint density at radius 1 is 1.25 bits per heavy atom. The molecule has 2 bridgehead atoms. The predicted octanol–water partition coefficient (Wildman–Crippen LogP) is 1.95. The van der Waals surface area contributed by atoms with Crippen LogP contribution in [-0.4, -0.2) is 48.2 Å². The second-order valence-corrected chi connectivity index (χ2v) is 7.10. The molecule has 0 aromatic rings. The number of piperidine rings is 1. The lowest BCUT2D eigenvalue weighted by Gasteiger charge is -2.34. The highest BCUT2D eigenvalue weighted by atomic mass is 16.4. The first-order valence-corrected chi connectivity index (χ1v) is 8.33. The van der Waals surface area contributed by atoms with Crippen LogP contribution in [0, 0.1) is 17.8 Å². The third-order valence-corrected chi connectivity index (χ3v) is 5.98. The summed E-state index contributed by atoms with van der Waals surface area (Å²) in [4.78, 5) is 13.9. The average molecular weight is 280 g/mol. The largest absolute Gasteiger partial charge is 0.481 e. The lowest BCUT2D eigenvalue weighted by molar-refractivity contribution is -0.144. The van der Waals surface area contributed by atoms with Crippen LogP contribution in [0.5, 0.6) is 0 Å². The lowest BCUT2D eigenvalue weighted by atomic mass is 9.84. The molecule has 1 saturated heterocycles. The fraction of sp³-hybridized carbons (Fsp3) is 0.938. The molecular formula is C16H28N2O2. The molecule has 5 unspecified atom stereocenters. The van der Waals surface area contributed by atoms with Crippen LogP contribution in [0.25, 0.3) is 0 Å². The van der Waals surface area contributed by atoms with E-state index in [9.17, 15) is 9.90 Å². The van der Waals surface area contributed by atoms with Crippen LogP contribution in [0.1, 0.15) is 44.9 Å². The molecule has 5 atom stereocenters. The van der Waals surface area contributed by atoms with E-state index in [2.05, 4.69) is 17.3 Å². The Morgan fingerprint density at radius 2 is 2.05 bits per heavy atom. The molecule has 3 rings (SSSR count). The van der Waals surface area contributed by atoms with Crippen molar-refractivity contribution >= 4 is 5.97 Å². The highest BCUT2D eigenvalue weighted by Gasteiger charge is 2.50. The molecule has 1 aliphatic heterocycles. The van der Waals surface area contributed by atoms with Crippen molar-refractivity contribution in [2.24, 2.45) is 17.8 Å². The number of fused-ring (bicyclic) bond motifs is 2. The molecule has 0 spiro atoms. The van der Waals surface area contributed by atoms with Crippen molar-refractivity contribution in [1.29, 1.82) is 0 Å². The smallest absolute Gasteiger partial charge is 0.308 e. The van der Waals surface area contributed by atoms with Gasteiger partial charge in [0.05, 0.1) is 5.92 Å². The number of carboxylic acid groups (broad SMARTS) is 1. The van der Waals surface area contributed by atoms with E-state index in [-0.39, 0.29) is 12.0 Å². The first-order valence-electron chi connectivity index (χ1n) is 8.33. The molecule has 20 heavy (non-hydrogen) atoms. The molecule has 2 N–H and O–H groups in total. The van der Waals surface area contributed by atoms with Gasteiger partial charge in [-0.25, -0.2) is 0 Å². The minimum Gasteiger partial charge on any atom is -0.481 e. The number of carbonyl (C=O) groups is 1.